The van der Waals surface area contributed by atoms with Crippen LogP contribution in [-0.4, -0.2) is 18.6 Å². The quantitative estimate of drug-likeness (QED) is 0.703. The Balaban J connectivity index is 1.52. The zero-order chi connectivity index (χ0) is 18.0. The van der Waals surface area contributed by atoms with E-state index < -0.39 is 0 Å². The van der Waals surface area contributed by atoms with Crippen molar-refractivity contribution in [3.05, 3.63) is 71.8 Å². The summed E-state index contributed by atoms with van der Waals surface area (Å²) in [6, 6.07) is 20.9. The highest BCUT2D eigenvalue weighted by atomic mass is 16.5. The Morgan fingerprint density at radius 2 is 1.81 bits per heavy atom. The van der Waals surface area contributed by atoms with Gasteiger partial charge < -0.3 is 10.1 Å². The summed E-state index contributed by atoms with van der Waals surface area (Å²) in [5.41, 5.74) is 2.54. The van der Waals surface area contributed by atoms with Crippen molar-refractivity contribution in [1.29, 1.82) is 0 Å². The van der Waals surface area contributed by atoms with Gasteiger partial charge in [-0.2, -0.15) is 0 Å². The summed E-state index contributed by atoms with van der Waals surface area (Å²) >= 11 is 0. The molecule has 1 heterocycles. The fourth-order valence-electron chi connectivity index (χ4n) is 3.59. The Morgan fingerprint density at radius 1 is 1.08 bits per heavy atom. The lowest BCUT2D eigenvalue weighted by molar-refractivity contribution is -0.122. The second kappa shape index (κ2) is 10.1. The van der Waals surface area contributed by atoms with Crippen molar-refractivity contribution in [1.82, 2.24) is 5.32 Å². The molecular formula is C23H29NO2. The molecule has 1 aliphatic heterocycles. The highest BCUT2D eigenvalue weighted by Gasteiger charge is 2.19. The number of hydrogen-bond acceptors (Lipinski definition) is 2. The van der Waals surface area contributed by atoms with Crippen molar-refractivity contribution in [2.45, 2.75) is 57.1 Å². The van der Waals surface area contributed by atoms with Crippen LogP contribution in [0.15, 0.2) is 60.7 Å². The minimum atomic E-state index is 0.0805. The van der Waals surface area contributed by atoms with Crippen molar-refractivity contribution >= 4 is 5.91 Å². The molecule has 3 nitrogen and oxygen atoms in total. The Bertz CT molecular complexity index is 650. The lowest BCUT2D eigenvalue weighted by atomic mass is 9.98. The number of aryl methyl sites for hydroxylation is 1. The molecule has 1 saturated heterocycles. The SMILES string of the molecule is O=C(CC[C@@H]1CCCO1)N[C@H](CCCc1ccccc1)c1ccccc1. The van der Waals surface area contributed by atoms with Crippen LogP contribution >= 0.6 is 0 Å². The third-order valence-corrected chi connectivity index (χ3v) is 5.06. The summed E-state index contributed by atoms with van der Waals surface area (Å²) < 4.78 is 5.63. The molecule has 2 atom stereocenters. The minimum absolute atomic E-state index is 0.0805. The van der Waals surface area contributed by atoms with E-state index in [4.69, 9.17) is 4.74 Å². The number of carbonyl (C=O) groups is 1. The number of ether oxygens (including phenoxy) is 1. The van der Waals surface area contributed by atoms with Crippen molar-refractivity contribution < 1.29 is 9.53 Å². The van der Waals surface area contributed by atoms with Crippen LogP contribution in [0.2, 0.25) is 0 Å². The van der Waals surface area contributed by atoms with Gasteiger partial charge in [-0.1, -0.05) is 60.7 Å². The highest BCUT2D eigenvalue weighted by Crippen LogP contribution is 2.21. The van der Waals surface area contributed by atoms with E-state index in [1.807, 2.05) is 24.3 Å². The molecule has 2 aromatic carbocycles. The summed E-state index contributed by atoms with van der Waals surface area (Å²) in [5, 5.41) is 3.25. The number of amides is 1. The number of rotatable bonds is 9. The number of benzene rings is 2. The number of nitrogens with one attached hydrogen (secondary N) is 1. The van der Waals surface area contributed by atoms with Gasteiger partial charge in [-0.3, -0.25) is 4.79 Å². The van der Waals surface area contributed by atoms with Gasteiger partial charge in [0, 0.05) is 13.0 Å². The zero-order valence-electron chi connectivity index (χ0n) is 15.4. The minimum Gasteiger partial charge on any atom is -0.378 e. The molecule has 0 aliphatic carbocycles. The average molecular weight is 351 g/mol. The van der Waals surface area contributed by atoms with Gasteiger partial charge in [0.1, 0.15) is 0 Å². The van der Waals surface area contributed by atoms with Crippen LogP contribution in [0.1, 0.15) is 55.7 Å². The maximum atomic E-state index is 12.4. The molecule has 1 fully saturated rings. The van der Waals surface area contributed by atoms with Crippen LogP contribution in [0.3, 0.4) is 0 Å². The van der Waals surface area contributed by atoms with E-state index in [-0.39, 0.29) is 18.1 Å². The lowest BCUT2D eigenvalue weighted by Gasteiger charge is -2.20. The molecule has 0 bridgehead atoms. The molecule has 1 N–H and O–H groups in total. The molecule has 26 heavy (non-hydrogen) atoms. The van der Waals surface area contributed by atoms with E-state index in [2.05, 4.69) is 41.7 Å². The van der Waals surface area contributed by atoms with Crippen LogP contribution in [-0.2, 0) is 16.0 Å². The molecule has 2 aromatic rings. The molecule has 0 unspecified atom stereocenters. The third kappa shape index (κ3) is 5.99. The fraction of sp³-hybridized carbons (Fsp3) is 0.435. The van der Waals surface area contributed by atoms with Gasteiger partial charge in [0.2, 0.25) is 5.91 Å². The van der Waals surface area contributed by atoms with Gasteiger partial charge in [0.25, 0.3) is 0 Å². The monoisotopic (exact) mass is 351 g/mol. The second-order valence-corrected chi connectivity index (χ2v) is 7.08. The maximum Gasteiger partial charge on any atom is 0.220 e. The van der Waals surface area contributed by atoms with Gasteiger partial charge in [-0.25, -0.2) is 0 Å². The van der Waals surface area contributed by atoms with Crippen molar-refractivity contribution in [3.63, 3.8) is 0 Å². The smallest absolute Gasteiger partial charge is 0.220 e. The summed E-state index contributed by atoms with van der Waals surface area (Å²) in [6.45, 7) is 0.846. The van der Waals surface area contributed by atoms with Crippen molar-refractivity contribution in [2.24, 2.45) is 0 Å². The van der Waals surface area contributed by atoms with Gasteiger partial charge in [-0.15, -0.1) is 0 Å². The van der Waals surface area contributed by atoms with Crippen LogP contribution in [0.4, 0.5) is 0 Å². The second-order valence-electron chi connectivity index (χ2n) is 7.08. The molecule has 1 amide bonds. The first-order valence-corrected chi connectivity index (χ1v) is 9.81. The Labute approximate surface area is 156 Å². The van der Waals surface area contributed by atoms with E-state index in [0.29, 0.717) is 6.42 Å². The van der Waals surface area contributed by atoms with Gasteiger partial charge in [-0.05, 0) is 49.7 Å². The van der Waals surface area contributed by atoms with Gasteiger partial charge in [0.05, 0.1) is 12.1 Å². The molecule has 1 aliphatic rings. The maximum absolute atomic E-state index is 12.4. The normalized spacial score (nSPS) is 17.8. The van der Waals surface area contributed by atoms with Crippen LogP contribution < -0.4 is 5.32 Å². The summed E-state index contributed by atoms with van der Waals surface area (Å²) in [4.78, 5) is 12.4. The predicted octanol–water partition coefficient (Wildman–Crippen LogP) is 4.83. The van der Waals surface area contributed by atoms with Crippen LogP contribution in [0.5, 0.6) is 0 Å². The van der Waals surface area contributed by atoms with Crippen molar-refractivity contribution in [2.75, 3.05) is 6.61 Å². The van der Waals surface area contributed by atoms with E-state index in [9.17, 15) is 4.79 Å². The third-order valence-electron chi connectivity index (χ3n) is 5.06. The molecule has 0 aromatic heterocycles. The standard InChI is InChI=1S/C23H29NO2/c25-23(17-16-21-14-8-18-26-21)24-22(20-12-5-2-6-13-20)15-7-11-19-9-3-1-4-10-19/h1-6,9-10,12-13,21-22H,7-8,11,14-18H2,(H,24,25)/t21-,22+/m0/s1. The highest BCUT2D eigenvalue weighted by molar-refractivity contribution is 5.76. The average Bonchev–Trinajstić information content (AvgIpc) is 3.21. The largest absolute Gasteiger partial charge is 0.378 e. The summed E-state index contributed by atoms with van der Waals surface area (Å²) in [5.74, 6) is 0.133. The predicted molar refractivity (Wildman–Crippen MR) is 105 cm³/mol. The Kier molecular flexibility index (Phi) is 7.26. The summed E-state index contributed by atoms with van der Waals surface area (Å²) in [7, 11) is 0. The molecular weight excluding hydrogens is 322 g/mol. The van der Waals surface area contributed by atoms with Gasteiger partial charge >= 0.3 is 0 Å². The molecule has 0 radical (unpaired) electrons. The Morgan fingerprint density at radius 3 is 2.50 bits per heavy atom. The van der Waals surface area contributed by atoms with Crippen LogP contribution in [0, 0.1) is 0 Å². The van der Waals surface area contributed by atoms with E-state index >= 15 is 0 Å². The lowest BCUT2D eigenvalue weighted by Crippen LogP contribution is -2.29. The van der Waals surface area contributed by atoms with Gasteiger partial charge in [0.15, 0.2) is 0 Å². The molecule has 3 heteroatoms. The topological polar surface area (TPSA) is 38.3 Å². The first-order chi connectivity index (χ1) is 12.8. The Hall–Kier alpha value is -2.13. The van der Waals surface area contributed by atoms with E-state index in [0.717, 1.165) is 45.1 Å². The molecule has 0 saturated carbocycles. The zero-order valence-corrected chi connectivity index (χ0v) is 15.4. The number of carbonyl (C=O) groups excluding carboxylic acids is 1. The first-order valence-electron chi connectivity index (χ1n) is 9.81. The van der Waals surface area contributed by atoms with E-state index in [1.54, 1.807) is 0 Å². The van der Waals surface area contributed by atoms with Crippen molar-refractivity contribution in [3.8, 4) is 0 Å². The van der Waals surface area contributed by atoms with Crippen LogP contribution in [0.25, 0.3) is 0 Å². The van der Waals surface area contributed by atoms with E-state index in [1.165, 1.54) is 11.1 Å². The first kappa shape index (κ1) is 18.7. The number of hydrogen-bond donors (Lipinski definition) is 1. The fourth-order valence-corrected chi connectivity index (χ4v) is 3.59. The molecule has 0 spiro atoms. The molecule has 3 rings (SSSR count). The summed E-state index contributed by atoms with van der Waals surface area (Å²) in [6.07, 6.45) is 6.90. The molecule has 138 valence electrons.